The molecule has 3 atom stereocenters. The monoisotopic (exact) mass is 367 g/mol. The second-order valence-electron chi connectivity index (χ2n) is 7.10. The van der Waals surface area contributed by atoms with Gasteiger partial charge in [0.15, 0.2) is 0 Å². The zero-order chi connectivity index (χ0) is 19.4. The summed E-state index contributed by atoms with van der Waals surface area (Å²) in [7, 11) is 1.66. The fourth-order valence-electron chi connectivity index (χ4n) is 3.69. The van der Waals surface area contributed by atoms with Crippen LogP contribution < -0.4 is 10.1 Å². The van der Waals surface area contributed by atoms with Crippen LogP contribution in [0.4, 0.5) is 0 Å². The van der Waals surface area contributed by atoms with Gasteiger partial charge in [0, 0.05) is 11.5 Å². The quantitative estimate of drug-likeness (QED) is 0.808. The molecular weight excluding hydrogens is 342 g/mol. The molecule has 0 aromatic heterocycles. The van der Waals surface area contributed by atoms with Crippen LogP contribution in [0, 0.1) is 11.8 Å². The molecule has 0 aliphatic heterocycles. The van der Waals surface area contributed by atoms with Gasteiger partial charge in [-0.2, -0.15) is 0 Å². The first-order valence-electron chi connectivity index (χ1n) is 9.26. The molecule has 1 aliphatic rings. The van der Waals surface area contributed by atoms with Gasteiger partial charge < -0.3 is 15.2 Å². The number of aliphatic carboxylic acids is 1. The van der Waals surface area contributed by atoms with Crippen LogP contribution in [-0.4, -0.2) is 24.1 Å². The third-order valence-corrected chi connectivity index (χ3v) is 5.34. The summed E-state index contributed by atoms with van der Waals surface area (Å²) in [4.78, 5) is 23.5. The number of nitrogens with one attached hydrogen (secondary N) is 1. The van der Waals surface area contributed by atoms with Crippen LogP contribution in [0.25, 0.3) is 11.1 Å². The summed E-state index contributed by atoms with van der Waals surface area (Å²) in [5.74, 6) is -0.635. The van der Waals surface area contributed by atoms with Crippen LogP contribution in [0.3, 0.4) is 0 Å². The number of carboxylic acid groups (broad SMARTS) is 1. The first-order valence-corrected chi connectivity index (χ1v) is 9.26. The van der Waals surface area contributed by atoms with Gasteiger partial charge in [-0.05, 0) is 43.4 Å². The van der Waals surface area contributed by atoms with Crippen LogP contribution in [0.1, 0.15) is 37.8 Å². The van der Waals surface area contributed by atoms with Gasteiger partial charge in [0.05, 0.1) is 19.1 Å². The van der Waals surface area contributed by atoms with Crippen molar-refractivity contribution >= 4 is 11.9 Å². The van der Waals surface area contributed by atoms with Crippen molar-refractivity contribution in [2.45, 2.75) is 32.2 Å². The molecule has 1 amide bonds. The highest BCUT2D eigenvalue weighted by molar-refractivity contribution is 5.81. The summed E-state index contributed by atoms with van der Waals surface area (Å²) in [6.45, 7) is 1.94. The van der Waals surface area contributed by atoms with E-state index < -0.39 is 11.9 Å². The lowest BCUT2D eigenvalue weighted by atomic mass is 9.99. The fraction of sp³-hybridized carbons (Fsp3) is 0.364. The standard InChI is InChI=1S/C22H25NO4/c1-14(23-21(24)17-11-12-18(13-17)22(25)26)15-7-9-16(10-8-15)19-5-3-4-6-20(19)27-2/h3-10,14,17-18H,11-13H2,1-2H3,(H,23,24)(H,25,26)/t14?,17-,18+/m1/s1. The summed E-state index contributed by atoms with van der Waals surface area (Å²) in [6, 6.07) is 15.8. The van der Waals surface area contributed by atoms with Gasteiger partial charge in [-0.15, -0.1) is 0 Å². The molecule has 1 aliphatic carbocycles. The lowest BCUT2D eigenvalue weighted by Gasteiger charge is -2.18. The van der Waals surface area contributed by atoms with E-state index in [0.29, 0.717) is 19.3 Å². The number of hydrogen-bond acceptors (Lipinski definition) is 3. The van der Waals surface area contributed by atoms with Crippen LogP contribution >= 0.6 is 0 Å². The van der Waals surface area contributed by atoms with Gasteiger partial charge in [-0.3, -0.25) is 9.59 Å². The predicted molar refractivity (Wildman–Crippen MR) is 103 cm³/mol. The Morgan fingerprint density at radius 1 is 1.07 bits per heavy atom. The van der Waals surface area contributed by atoms with Crippen molar-refractivity contribution in [1.82, 2.24) is 5.32 Å². The Bertz CT molecular complexity index is 815. The molecular formula is C22H25NO4. The van der Waals surface area contributed by atoms with E-state index in [1.807, 2.05) is 55.5 Å². The molecule has 142 valence electrons. The van der Waals surface area contributed by atoms with Gasteiger partial charge in [0.25, 0.3) is 0 Å². The van der Waals surface area contributed by atoms with Crippen molar-refractivity contribution in [1.29, 1.82) is 0 Å². The van der Waals surface area contributed by atoms with Gasteiger partial charge in [-0.1, -0.05) is 42.5 Å². The molecule has 0 bridgehead atoms. The van der Waals surface area contributed by atoms with E-state index in [2.05, 4.69) is 5.32 Å². The first-order chi connectivity index (χ1) is 13.0. The molecule has 1 saturated carbocycles. The number of rotatable bonds is 6. The zero-order valence-electron chi connectivity index (χ0n) is 15.6. The molecule has 2 aromatic carbocycles. The average Bonchev–Trinajstić information content (AvgIpc) is 3.19. The molecule has 3 rings (SSSR count). The molecule has 1 fully saturated rings. The Hall–Kier alpha value is -2.82. The summed E-state index contributed by atoms with van der Waals surface area (Å²) in [6.07, 6.45) is 1.65. The number of para-hydroxylation sites is 1. The third-order valence-electron chi connectivity index (χ3n) is 5.34. The minimum absolute atomic E-state index is 0.0555. The Balaban J connectivity index is 1.65. The lowest BCUT2D eigenvalue weighted by Crippen LogP contribution is -2.32. The van der Waals surface area contributed by atoms with E-state index >= 15 is 0 Å². The maximum absolute atomic E-state index is 12.4. The minimum Gasteiger partial charge on any atom is -0.496 e. The van der Waals surface area contributed by atoms with Crippen molar-refractivity contribution in [3.05, 3.63) is 54.1 Å². The van der Waals surface area contributed by atoms with Crippen molar-refractivity contribution in [3.8, 4) is 16.9 Å². The average molecular weight is 367 g/mol. The van der Waals surface area contributed by atoms with E-state index in [-0.39, 0.29) is 17.9 Å². The predicted octanol–water partition coefficient (Wildman–Crippen LogP) is 4.04. The van der Waals surface area contributed by atoms with Crippen molar-refractivity contribution in [2.24, 2.45) is 11.8 Å². The maximum atomic E-state index is 12.4. The SMILES string of the molecule is COc1ccccc1-c1ccc(C(C)NC(=O)[C@@H]2CC[C@H](C(=O)O)C2)cc1. The second-order valence-corrected chi connectivity index (χ2v) is 7.10. The summed E-state index contributed by atoms with van der Waals surface area (Å²) in [5, 5.41) is 12.1. The number of ether oxygens (including phenoxy) is 1. The molecule has 27 heavy (non-hydrogen) atoms. The summed E-state index contributed by atoms with van der Waals surface area (Å²) >= 11 is 0. The lowest BCUT2D eigenvalue weighted by molar-refractivity contribution is -0.141. The van der Waals surface area contributed by atoms with Crippen molar-refractivity contribution in [3.63, 3.8) is 0 Å². The molecule has 5 heteroatoms. The summed E-state index contributed by atoms with van der Waals surface area (Å²) in [5.41, 5.74) is 3.08. The van der Waals surface area contributed by atoms with Crippen LogP contribution in [0.15, 0.2) is 48.5 Å². The minimum atomic E-state index is -0.801. The second kappa shape index (κ2) is 8.25. The fourth-order valence-corrected chi connectivity index (χ4v) is 3.69. The number of hydrogen-bond donors (Lipinski definition) is 2. The van der Waals surface area contributed by atoms with Gasteiger partial charge in [-0.25, -0.2) is 0 Å². The van der Waals surface area contributed by atoms with Crippen LogP contribution in [0.5, 0.6) is 5.75 Å². The third kappa shape index (κ3) is 4.30. The van der Waals surface area contributed by atoms with Gasteiger partial charge in [0.2, 0.25) is 5.91 Å². The van der Waals surface area contributed by atoms with Gasteiger partial charge in [0.1, 0.15) is 5.75 Å². The number of methoxy groups -OCH3 is 1. The number of carbonyl (C=O) groups is 2. The van der Waals surface area contributed by atoms with Crippen molar-refractivity contribution < 1.29 is 19.4 Å². The Kier molecular flexibility index (Phi) is 5.79. The van der Waals surface area contributed by atoms with E-state index in [4.69, 9.17) is 9.84 Å². The highest BCUT2D eigenvalue weighted by atomic mass is 16.5. The Morgan fingerprint density at radius 3 is 2.37 bits per heavy atom. The van der Waals surface area contributed by atoms with E-state index in [1.54, 1.807) is 7.11 Å². The molecule has 0 saturated heterocycles. The Morgan fingerprint density at radius 2 is 1.74 bits per heavy atom. The highest BCUT2D eigenvalue weighted by Crippen LogP contribution is 2.32. The zero-order valence-corrected chi connectivity index (χ0v) is 15.6. The number of carbonyl (C=O) groups excluding carboxylic acids is 1. The largest absolute Gasteiger partial charge is 0.496 e. The van der Waals surface area contributed by atoms with Gasteiger partial charge >= 0.3 is 5.97 Å². The maximum Gasteiger partial charge on any atom is 0.306 e. The number of benzene rings is 2. The van der Waals surface area contributed by atoms with E-state index in [1.165, 1.54) is 0 Å². The topological polar surface area (TPSA) is 75.6 Å². The van der Waals surface area contributed by atoms with E-state index in [9.17, 15) is 9.59 Å². The smallest absolute Gasteiger partial charge is 0.306 e. The molecule has 0 radical (unpaired) electrons. The highest BCUT2D eigenvalue weighted by Gasteiger charge is 2.34. The Labute approximate surface area is 159 Å². The van der Waals surface area contributed by atoms with Crippen molar-refractivity contribution in [2.75, 3.05) is 7.11 Å². The normalized spacial score (nSPS) is 20.1. The number of carboxylic acids is 1. The molecule has 1 unspecified atom stereocenters. The summed E-state index contributed by atoms with van der Waals surface area (Å²) < 4.78 is 5.41. The first kappa shape index (κ1) is 19.0. The molecule has 0 heterocycles. The molecule has 2 aromatic rings. The number of amides is 1. The molecule has 5 nitrogen and oxygen atoms in total. The van der Waals surface area contributed by atoms with Crippen LogP contribution in [-0.2, 0) is 9.59 Å². The molecule has 2 N–H and O–H groups in total. The van der Waals surface area contributed by atoms with Crippen LogP contribution in [0.2, 0.25) is 0 Å². The molecule has 0 spiro atoms. The van der Waals surface area contributed by atoms with E-state index in [0.717, 1.165) is 22.4 Å².